The van der Waals surface area contributed by atoms with Gasteiger partial charge in [-0.05, 0) is 12.1 Å². The maximum absolute atomic E-state index is 11.8. The molecule has 11 heteroatoms. The summed E-state index contributed by atoms with van der Waals surface area (Å²) < 4.78 is 15.4. The normalized spacial score (nSPS) is 16.0. The molecule has 10 nitrogen and oxygen atoms in total. The molecule has 0 aromatic carbocycles. The van der Waals surface area contributed by atoms with Gasteiger partial charge in [0.1, 0.15) is 11.6 Å². The molecule has 2 N–H and O–H groups in total. The molecule has 1 amide bonds. The summed E-state index contributed by atoms with van der Waals surface area (Å²) in [6.45, 7) is 1.20. The number of nitrogens with zero attached hydrogens (tertiary/aromatic N) is 5. The predicted molar refractivity (Wildman–Crippen MR) is 116 cm³/mol. The van der Waals surface area contributed by atoms with Crippen molar-refractivity contribution in [1.82, 2.24) is 29.6 Å². The zero-order chi connectivity index (χ0) is 21.4. The quantitative estimate of drug-likeness (QED) is 0.475. The second-order valence-electron chi connectivity index (χ2n) is 7.15. The van der Waals surface area contributed by atoms with Crippen LogP contribution in [-0.4, -0.2) is 56.6 Å². The summed E-state index contributed by atoms with van der Waals surface area (Å²) in [5.41, 5.74) is 2.97. The number of aryl methyl sites for hydroxylation is 1. The fraction of sp³-hybridized carbons (Fsp3) is 0.300. The maximum Gasteiger partial charge on any atom is 0.251 e. The van der Waals surface area contributed by atoms with Crippen LogP contribution in [0.1, 0.15) is 16.8 Å². The molecule has 1 aliphatic rings. The smallest absolute Gasteiger partial charge is 0.251 e. The van der Waals surface area contributed by atoms with Crippen LogP contribution in [0.25, 0.3) is 16.7 Å². The summed E-state index contributed by atoms with van der Waals surface area (Å²) >= 11 is 1.41. The molecular formula is C20H21N7O3S. The number of nitrogens with one attached hydrogen (secondary N) is 2. The lowest BCUT2D eigenvalue weighted by atomic mass is 10.3. The first-order chi connectivity index (χ1) is 15.1. The standard InChI is InChI=1S/C20H21N7O3S/c1-21-18(28)12-7-16(31-11-12)24-20-23-15-3-5-27(13-8-22-26(2)9-13)17(15)19(25-20)30-14-4-6-29-10-14/h3,5,7-9,11,14H,4,6,10H2,1-2H3,(H,21,28)(H,23,24,25)/t14-/m1/s1. The lowest BCUT2D eigenvalue weighted by Gasteiger charge is -2.14. The third kappa shape index (κ3) is 3.84. The van der Waals surface area contributed by atoms with Crippen LogP contribution in [-0.2, 0) is 11.8 Å². The fourth-order valence-electron chi connectivity index (χ4n) is 3.44. The van der Waals surface area contributed by atoms with E-state index in [9.17, 15) is 4.79 Å². The first-order valence-corrected chi connectivity index (χ1v) is 10.7. The molecule has 5 heterocycles. The Hall–Kier alpha value is -3.44. The number of carbonyl (C=O) groups excluding carboxylic acids is 1. The molecule has 1 aliphatic heterocycles. The summed E-state index contributed by atoms with van der Waals surface area (Å²) in [6.07, 6.45) is 6.36. The Morgan fingerprint density at radius 1 is 1.39 bits per heavy atom. The second kappa shape index (κ2) is 8.00. The van der Waals surface area contributed by atoms with Crippen LogP contribution in [0.15, 0.2) is 36.1 Å². The minimum Gasteiger partial charge on any atom is -0.470 e. The van der Waals surface area contributed by atoms with Gasteiger partial charge in [-0.2, -0.15) is 10.1 Å². The predicted octanol–water partition coefficient (Wildman–Crippen LogP) is 2.49. The van der Waals surface area contributed by atoms with Gasteiger partial charge in [-0.25, -0.2) is 4.98 Å². The van der Waals surface area contributed by atoms with E-state index in [4.69, 9.17) is 9.47 Å². The van der Waals surface area contributed by atoms with E-state index in [1.165, 1.54) is 11.3 Å². The maximum atomic E-state index is 11.8. The van der Waals surface area contributed by atoms with Crippen LogP contribution in [0.5, 0.6) is 5.88 Å². The van der Waals surface area contributed by atoms with Crippen molar-refractivity contribution in [3.63, 3.8) is 0 Å². The van der Waals surface area contributed by atoms with Gasteiger partial charge in [-0.15, -0.1) is 11.3 Å². The van der Waals surface area contributed by atoms with Crippen molar-refractivity contribution in [2.45, 2.75) is 12.5 Å². The Morgan fingerprint density at radius 2 is 2.29 bits per heavy atom. The van der Waals surface area contributed by atoms with E-state index in [0.717, 1.165) is 28.1 Å². The highest BCUT2D eigenvalue weighted by atomic mass is 32.1. The molecule has 0 bridgehead atoms. The van der Waals surface area contributed by atoms with Crippen LogP contribution in [0, 0.1) is 0 Å². The summed E-state index contributed by atoms with van der Waals surface area (Å²) in [6, 6.07) is 3.68. The molecule has 0 aliphatic carbocycles. The van der Waals surface area contributed by atoms with Crippen molar-refractivity contribution in [3.8, 4) is 11.6 Å². The molecule has 0 spiro atoms. The van der Waals surface area contributed by atoms with Gasteiger partial charge in [0.15, 0.2) is 0 Å². The van der Waals surface area contributed by atoms with E-state index in [0.29, 0.717) is 30.6 Å². The molecule has 1 atom stereocenters. The average molecular weight is 440 g/mol. The summed E-state index contributed by atoms with van der Waals surface area (Å²) in [5, 5.41) is 12.6. The van der Waals surface area contributed by atoms with E-state index in [1.807, 2.05) is 30.1 Å². The van der Waals surface area contributed by atoms with Crippen LogP contribution in [0.2, 0.25) is 0 Å². The largest absolute Gasteiger partial charge is 0.470 e. The first-order valence-electron chi connectivity index (χ1n) is 9.81. The van der Waals surface area contributed by atoms with E-state index in [2.05, 4.69) is 25.7 Å². The lowest BCUT2D eigenvalue weighted by Crippen LogP contribution is -2.17. The molecule has 4 aromatic rings. The van der Waals surface area contributed by atoms with Gasteiger partial charge in [0.2, 0.25) is 11.8 Å². The van der Waals surface area contributed by atoms with Crippen LogP contribution in [0.4, 0.5) is 10.9 Å². The van der Waals surface area contributed by atoms with Crippen molar-refractivity contribution in [2.24, 2.45) is 7.05 Å². The van der Waals surface area contributed by atoms with Crippen molar-refractivity contribution >= 4 is 39.2 Å². The lowest BCUT2D eigenvalue weighted by molar-refractivity contribution is 0.0963. The Balaban J connectivity index is 1.54. The number of aromatic nitrogens is 5. The third-order valence-electron chi connectivity index (χ3n) is 4.96. The number of rotatable bonds is 6. The van der Waals surface area contributed by atoms with Crippen LogP contribution < -0.4 is 15.4 Å². The summed E-state index contributed by atoms with van der Waals surface area (Å²) in [5.74, 6) is 0.732. The van der Waals surface area contributed by atoms with Gasteiger partial charge < -0.3 is 24.7 Å². The topological polar surface area (TPSA) is 108 Å². The van der Waals surface area contributed by atoms with Gasteiger partial charge >= 0.3 is 0 Å². The number of amides is 1. The minimum absolute atomic E-state index is 0.0650. The number of hydrogen-bond acceptors (Lipinski definition) is 8. The summed E-state index contributed by atoms with van der Waals surface area (Å²) in [4.78, 5) is 21.2. The van der Waals surface area contributed by atoms with Crippen molar-refractivity contribution in [3.05, 3.63) is 41.7 Å². The van der Waals surface area contributed by atoms with E-state index >= 15 is 0 Å². The van der Waals surface area contributed by atoms with E-state index in [-0.39, 0.29) is 12.0 Å². The second-order valence-corrected chi connectivity index (χ2v) is 8.06. The monoisotopic (exact) mass is 439 g/mol. The van der Waals surface area contributed by atoms with Gasteiger partial charge in [0, 0.05) is 38.3 Å². The average Bonchev–Trinajstić information content (AvgIpc) is 3.54. The van der Waals surface area contributed by atoms with Gasteiger partial charge in [-0.3, -0.25) is 9.48 Å². The molecular weight excluding hydrogens is 418 g/mol. The molecule has 0 radical (unpaired) electrons. The van der Waals surface area contributed by atoms with Gasteiger partial charge in [-0.1, -0.05) is 0 Å². The highest BCUT2D eigenvalue weighted by Gasteiger charge is 2.22. The molecule has 1 fully saturated rings. The molecule has 31 heavy (non-hydrogen) atoms. The molecule has 5 rings (SSSR count). The van der Waals surface area contributed by atoms with E-state index in [1.54, 1.807) is 29.4 Å². The number of fused-ring (bicyclic) bond motifs is 1. The SMILES string of the molecule is CNC(=O)c1csc(Nc2nc(O[C@@H]3CCOC3)c3c(ccn3-c3cnn(C)c3)n2)c1. The number of carbonyl (C=O) groups is 1. The van der Waals surface area contributed by atoms with Crippen molar-refractivity contribution in [1.29, 1.82) is 0 Å². The van der Waals surface area contributed by atoms with E-state index < -0.39 is 0 Å². The van der Waals surface area contributed by atoms with Gasteiger partial charge in [0.25, 0.3) is 5.91 Å². The molecule has 0 saturated carbocycles. The Labute approximate surface area is 181 Å². The Kier molecular flexibility index (Phi) is 5.04. The van der Waals surface area contributed by atoms with Crippen molar-refractivity contribution in [2.75, 3.05) is 25.6 Å². The first kappa shape index (κ1) is 19.5. The van der Waals surface area contributed by atoms with Crippen molar-refractivity contribution < 1.29 is 14.3 Å². The Bertz CT molecular complexity index is 1240. The number of thiophene rings is 1. The van der Waals surface area contributed by atoms with Crippen LogP contribution >= 0.6 is 11.3 Å². The highest BCUT2D eigenvalue weighted by molar-refractivity contribution is 7.14. The number of ether oxygens (including phenoxy) is 2. The zero-order valence-corrected chi connectivity index (χ0v) is 17.8. The number of hydrogen-bond donors (Lipinski definition) is 2. The summed E-state index contributed by atoms with van der Waals surface area (Å²) in [7, 11) is 3.47. The zero-order valence-electron chi connectivity index (χ0n) is 17.0. The number of anilines is 2. The third-order valence-corrected chi connectivity index (χ3v) is 5.81. The fourth-order valence-corrected chi connectivity index (χ4v) is 4.21. The molecule has 4 aromatic heterocycles. The minimum atomic E-state index is -0.139. The Morgan fingerprint density at radius 3 is 3.03 bits per heavy atom. The molecule has 1 saturated heterocycles. The highest BCUT2D eigenvalue weighted by Crippen LogP contribution is 2.31. The van der Waals surface area contributed by atoms with Crippen LogP contribution in [0.3, 0.4) is 0 Å². The molecule has 0 unspecified atom stereocenters. The molecule has 160 valence electrons. The van der Waals surface area contributed by atoms with Gasteiger partial charge in [0.05, 0.1) is 41.2 Å².